The Morgan fingerprint density at radius 3 is 2.53 bits per heavy atom. The summed E-state index contributed by atoms with van der Waals surface area (Å²) >= 11 is 0. The van der Waals surface area contributed by atoms with Crippen molar-refractivity contribution in [2.75, 3.05) is 39.3 Å². The molecule has 1 aromatic carbocycles. The van der Waals surface area contributed by atoms with E-state index in [0.717, 1.165) is 61.9 Å². The Hall–Kier alpha value is -2.34. The van der Waals surface area contributed by atoms with Crippen LogP contribution in [0.3, 0.4) is 0 Å². The Balaban J connectivity index is 1.37. The lowest BCUT2D eigenvalue weighted by Gasteiger charge is -2.34. The van der Waals surface area contributed by atoms with Crippen molar-refractivity contribution >= 4 is 5.91 Å². The van der Waals surface area contributed by atoms with Gasteiger partial charge < -0.3 is 14.2 Å². The predicted molar refractivity (Wildman–Crippen MR) is 118 cm³/mol. The first kappa shape index (κ1) is 22.3. The van der Waals surface area contributed by atoms with Gasteiger partial charge in [-0.25, -0.2) is 0 Å². The molecule has 0 unspecified atom stereocenters. The molecular weight excluding hydrogens is 378 g/mol. The molecule has 1 aromatic heterocycles. The van der Waals surface area contributed by atoms with Crippen LogP contribution in [-0.2, 0) is 16.6 Å². The lowest BCUT2D eigenvalue weighted by molar-refractivity contribution is -0.132. The second-order valence-corrected chi connectivity index (χ2v) is 9.18. The number of carbonyl (C=O) groups excluding carboxylic acids is 1. The van der Waals surface area contributed by atoms with Crippen molar-refractivity contribution in [1.29, 1.82) is 0 Å². The number of nitrogens with zero attached hydrogens (tertiary/aromatic N) is 3. The van der Waals surface area contributed by atoms with Gasteiger partial charge in [0.25, 0.3) is 0 Å². The molecule has 0 bridgehead atoms. The smallest absolute Gasteiger partial charge is 0.227 e. The molecule has 2 aromatic rings. The van der Waals surface area contributed by atoms with Crippen LogP contribution >= 0.6 is 0 Å². The molecule has 1 aliphatic heterocycles. The standard InChI is InChI=1S/C24H35N3O3/c1-18-22(19(2)30-25-18)17-23(28)27-13-11-26(12-14-27)10-7-15-29-21-9-6-8-20(16-21)24(3,4)5/h6,8-9,16H,7,10-15,17H2,1-5H3. The predicted octanol–water partition coefficient (Wildman–Crippen LogP) is 3.74. The number of hydrogen-bond acceptors (Lipinski definition) is 5. The van der Waals surface area contributed by atoms with Crippen LogP contribution in [0.5, 0.6) is 5.75 Å². The second kappa shape index (κ2) is 9.65. The highest BCUT2D eigenvalue weighted by molar-refractivity contribution is 5.79. The van der Waals surface area contributed by atoms with E-state index in [2.05, 4.69) is 49.0 Å². The first-order valence-electron chi connectivity index (χ1n) is 10.9. The number of amides is 1. The highest BCUT2D eigenvalue weighted by atomic mass is 16.5. The van der Waals surface area contributed by atoms with Crippen molar-refractivity contribution in [1.82, 2.24) is 15.0 Å². The summed E-state index contributed by atoms with van der Waals surface area (Å²) in [5.41, 5.74) is 3.15. The summed E-state index contributed by atoms with van der Waals surface area (Å²) in [6, 6.07) is 8.38. The fourth-order valence-electron chi connectivity index (χ4n) is 3.77. The normalized spacial score (nSPS) is 15.4. The van der Waals surface area contributed by atoms with Crippen molar-refractivity contribution in [2.45, 2.75) is 52.9 Å². The Morgan fingerprint density at radius 2 is 1.90 bits per heavy atom. The number of rotatable bonds is 7. The molecule has 0 spiro atoms. The number of benzene rings is 1. The topological polar surface area (TPSA) is 58.8 Å². The lowest BCUT2D eigenvalue weighted by atomic mass is 9.87. The Bertz CT molecular complexity index is 826. The summed E-state index contributed by atoms with van der Waals surface area (Å²) in [6.07, 6.45) is 1.36. The van der Waals surface area contributed by atoms with Crippen LogP contribution in [0.4, 0.5) is 0 Å². The maximum Gasteiger partial charge on any atom is 0.227 e. The summed E-state index contributed by atoms with van der Waals surface area (Å²) in [5, 5.41) is 3.94. The minimum Gasteiger partial charge on any atom is -0.494 e. The summed E-state index contributed by atoms with van der Waals surface area (Å²) in [5.74, 6) is 1.84. The lowest BCUT2D eigenvalue weighted by Crippen LogP contribution is -2.49. The molecule has 0 aliphatic carbocycles. The van der Waals surface area contributed by atoms with E-state index >= 15 is 0 Å². The molecule has 3 rings (SSSR count). The van der Waals surface area contributed by atoms with Crippen molar-refractivity contribution in [2.24, 2.45) is 0 Å². The van der Waals surface area contributed by atoms with Crippen LogP contribution in [0.15, 0.2) is 28.8 Å². The highest BCUT2D eigenvalue weighted by Gasteiger charge is 2.23. The van der Waals surface area contributed by atoms with Crippen LogP contribution in [0.25, 0.3) is 0 Å². The number of carbonyl (C=O) groups is 1. The van der Waals surface area contributed by atoms with E-state index in [1.807, 2.05) is 24.8 Å². The third-order valence-corrected chi connectivity index (χ3v) is 5.82. The maximum absolute atomic E-state index is 12.6. The molecule has 1 fully saturated rings. The van der Waals surface area contributed by atoms with Crippen LogP contribution in [0, 0.1) is 13.8 Å². The molecule has 0 atom stereocenters. The summed E-state index contributed by atoms with van der Waals surface area (Å²) in [6.45, 7) is 15.5. The zero-order valence-electron chi connectivity index (χ0n) is 19.0. The van der Waals surface area contributed by atoms with Crippen LogP contribution < -0.4 is 4.74 Å². The fraction of sp³-hybridized carbons (Fsp3) is 0.583. The molecule has 0 N–H and O–H groups in total. The minimum absolute atomic E-state index is 0.127. The third kappa shape index (κ3) is 5.85. The monoisotopic (exact) mass is 413 g/mol. The first-order chi connectivity index (χ1) is 14.2. The number of aromatic nitrogens is 1. The van der Waals surface area contributed by atoms with Gasteiger partial charge in [-0.1, -0.05) is 38.1 Å². The van der Waals surface area contributed by atoms with Crippen molar-refractivity contribution in [3.63, 3.8) is 0 Å². The van der Waals surface area contributed by atoms with E-state index in [4.69, 9.17) is 9.26 Å². The number of hydrogen-bond donors (Lipinski definition) is 0. The summed E-state index contributed by atoms with van der Waals surface area (Å²) < 4.78 is 11.1. The van der Waals surface area contributed by atoms with Gasteiger partial charge in [-0.05, 0) is 43.4 Å². The van der Waals surface area contributed by atoms with E-state index in [-0.39, 0.29) is 11.3 Å². The highest BCUT2D eigenvalue weighted by Crippen LogP contribution is 2.25. The van der Waals surface area contributed by atoms with E-state index in [1.165, 1.54) is 5.56 Å². The Kier molecular flexibility index (Phi) is 7.19. The van der Waals surface area contributed by atoms with Gasteiger partial charge >= 0.3 is 0 Å². The molecular formula is C24H35N3O3. The number of aryl methyl sites for hydroxylation is 2. The Labute approximate surface area is 180 Å². The molecule has 1 aliphatic rings. The second-order valence-electron chi connectivity index (χ2n) is 9.18. The summed E-state index contributed by atoms with van der Waals surface area (Å²) in [4.78, 5) is 17.0. The van der Waals surface area contributed by atoms with E-state index in [1.54, 1.807) is 0 Å². The van der Waals surface area contributed by atoms with E-state index in [9.17, 15) is 4.79 Å². The van der Waals surface area contributed by atoms with E-state index < -0.39 is 0 Å². The molecule has 0 saturated carbocycles. The average molecular weight is 414 g/mol. The van der Waals surface area contributed by atoms with Gasteiger partial charge in [-0.2, -0.15) is 0 Å². The molecule has 6 heteroatoms. The molecule has 0 radical (unpaired) electrons. The Morgan fingerprint density at radius 1 is 1.17 bits per heavy atom. The van der Waals surface area contributed by atoms with Gasteiger partial charge in [0.05, 0.1) is 18.7 Å². The van der Waals surface area contributed by atoms with Gasteiger partial charge in [0.15, 0.2) is 0 Å². The molecule has 164 valence electrons. The summed E-state index contributed by atoms with van der Waals surface area (Å²) in [7, 11) is 0. The maximum atomic E-state index is 12.6. The number of ether oxygens (including phenoxy) is 1. The number of piperazine rings is 1. The van der Waals surface area contributed by atoms with Gasteiger partial charge in [-0.15, -0.1) is 0 Å². The SMILES string of the molecule is Cc1noc(C)c1CC(=O)N1CCN(CCCOc2cccc(C(C)(C)C)c2)CC1. The zero-order chi connectivity index (χ0) is 21.7. The largest absolute Gasteiger partial charge is 0.494 e. The van der Waals surface area contributed by atoms with Gasteiger partial charge in [0.2, 0.25) is 5.91 Å². The molecule has 1 saturated heterocycles. The van der Waals surface area contributed by atoms with Gasteiger partial charge in [0.1, 0.15) is 11.5 Å². The van der Waals surface area contributed by atoms with Crippen molar-refractivity contribution in [3.8, 4) is 5.75 Å². The average Bonchev–Trinajstić information content (AvgIpc) is 3.03. The van der Waals surface area contributed by atoms with Crippen molar-refractivity contribution in [3.05, 3.63) is 46.8 Å². The zero-order valence-corrected chi connectivity index (χ0v) is 19.0. The van der Waals surface area contributed by atoms with E-state index in [0.29, 0.717) is 13.0 Å². The van der Waals surface area contributed by atoms with Crippen LogP contribution in [0.2, 0.25) is 0 Å². The van der Waals surface area contributed by atoms with Crippen molar-refractivity contribution < 1.29 is 14.1 Å². The molecule has 30 heavy (non-hydrogen) atoms. The quantitative estimate of drug-likeness (QED) is 0.647. The van der Waals surface area contributed by atoms with Gasteiger partial charge in [0, 0.05) is 38.3 Å². The van der Waals surface area contributed by atoms with Crippen LogP contribution in [0.1, 0.15) is 49.8 Å². The fourth-order valence-corrected chi connectivity index (χ4v) is 3.77. The molecule has 1 amide bonds. The first-order valence-corrected chi connectivity index (χ1v) is 10.9. The molecule has 2 heterocycles. The minimum atomic E-state index is 0.127. The van der Waals surface area contributed by atoms with Gasteiger partial charge in [-0.3, -0.25) is 9.69 Å². The molecule has 6 nitrogen and oxygen atoms in total. The third-order valence-electron chi connectivity index (χ3n) is 5.82. The van der Waals surface area contributed by atoms with Crippen LogP contribution in [-0.4, -0.2) is 60.2 Å².